The molecule has 1 atom stereocenters. The highest BCUT2D eigenvalue weighted by atomic mass is 16.5. The second-order valence-electron chi connectivity index (χ2n) is 5.55. The number of benzene rings is 1. The molecule has 2 aromatic rings. The number of para-hydroxylation sites is 1. The number of nitrogens with zero attached hydrogens (tertiary/aromatic N) is 2. The maximum atomic E-state index is 12.1. The minimum atomic E-state index is -1.13. The molecule has 0 radical (unpaired) electrons. The number of carboxylic acid groups (broad SMARTS) is 1. The second kappa shape index (κ2) is 7.53. The van der Waals surface area contributed by atoms with E-state index in [4.69, 9.17) is 9.84 Å². The fourth-order valence-electron chi connectivity index (χ4n) is 2.45. The van der Waals surface area contributed by atoms with Crippen LogP contribution < -0.4 is 4.74 Å². The molecule has 6 heteroatoms. The molecule has 25 heavy (non-hydrogen) atoms. The van der Waals surface area contributed by atoms with Crippen molar-refractivity contribution in [3.63, 3.8) is 0 Å². The van der Waals surface area contributed by atoms with Gasteiger partial charge in [0, 0.05) is 12.4 Å². The molecule has 0 bridgehead atoms. The summed E-state index contributed by atoms with van der Waals surface area (Å²) in [4.78, 5) is 31.4. The van der Waals surface area contributed by atoms with Gasteiger partial charge in [-0.3, -0.25) is 9.59 Å². The monoisotopic (exact) mass is 336 g/mol. The fourth-order valence-corrected chi connectivity index (χ4v) is 2.45. The molecular weight excluding hydrogens is 320 g/mol. The Labute approximate surface area is 144 Å². The summed E-state index contributed by atoms with van der Waals surface area (Å²) < 4.78 is 5.52. The van der Waals surface area contributed by atoms with Gasteiger partial charge in [-0.25, -0.2) is 9.97 Å². The van der Waals surface area contributed by atoms with E-state index in [-0.39, 0.29) is 11.8 Å². The summed E-state index contributed by atoms with van der Waals surface area (Å²) in [6.07, 6.45) is 8.94. The van der Waals surface area contributed by atoms with Crippen molar-refractivity contribution in [2.24, 2.45) is 5.92 Å². The number of aryl methyl sites for hydroxylation is 1. The normalized spacial score (nSPS) is 16.4. The lowest BCUT2D eigenvalue weighted by Crippen LogP contribution is -2.25. The first kappa shape index (κ1) is 16.6. The van der Waals surface area contributed by atoms with Crippen LogP contribution in [0.1, 0.15) is 12.0 Å². The van der Waals surface area contributed by atoms with Crippen LogP contribution >= 0.6 is 0 Å². The standard InChI is InChI=1S/C19H16N2O4/c22-17-14(5-4-8-16(17)18(23)24)10-9-13-11-20-19(21-12-13)25-15-6-2-1-3-7-15/h1-8,11-12,16H,9-10H2,(H,23,24). The summed E-state index contributed by atoms with van der Waals surface area (Å²) in [5, 5.41) is 9.03. The van der Waals surface area contributed by atoms with Gasteiger partial charge < -0.3 is 9.84 Å². The molecule has 126 valence electrons. The molecule has 1 heterocycles. The lowest BCUT2D eigenvalue weighted by atomic mass is 9.89. The third-order valence-corrected chi connectivity index (χ3v) is 3.78. The quantitative estimate of drug-likeness (QED) is 0.816. The van der Waals surface area contributed by atoms with Gasteiger partial charge >= 0.3 is 12.0 Å². The first-order chi connectivity index (χ1) is 12.1. The van der Waals surface area contributed by atoms with Gasteiger partial charge in [-0.05, 0) is 36.1 Å². The predicted octanol–water partition coefficient (Wildman–Crippen LogP) is 2.97. The Morgan fingerprint density at radius 3 is 2.52 bits per heavy atom. The van der Waals surface area contributed by atoms with Crippen LogP contribution in [0.4, 0.5) is 0 Å². The van der Waals surface area contributed by atoms with E-state index < -0.39 is 11.9 Å². The van der Waals surface area contributed by atoms with Crippen LogP contribution in [0.2, 0.25) is 0 Å². The van der Waals surface area contributed by atoms with E-state index in [1.165, 1.54) is 6.08 Å². The number of ketones is 1. The number of carboxylic acids is 1. The number of hydrogen-bond acceptors (Lipinski definition) is 5. The number of allylic oxidation sites excluding steroid dienone is 3. The lowest BCUT2D eigenvalue weighted by molar-refractivity contribution is -0.143. The number of Topliss-reactive ketones (excluding diaryl/α,β-unsaturated/α-hetero) is 1. The summed E-state index contributed by atoms with van der Waals surface area (Å²) in [6, 6.07) is 9.48. The zero-order valence-corrected chi connectivity index (χ0v) is 13.3. The Balaban J connectivity index is 1.59. The molecule has 1 aliphatic carbocycles. The second-order valence-corrected chi connectivity index (χ2v) is 5.55. The Hall–Kier alpha value is -3.28. The first-order valence-corrected chi connectivity index (χ1v) is 7.81. The summed E-state index contributed by atoms with van der Waals surface area (Å²) in [5.74, 6) is -1.92. The van der Waals surface area contributed by atoms with Gasteiger partial charge in [0.1, 0.15) is 11.7 Å². The Morgan fingerprint density at radius 2 is 1.84 bits per heavy atom. The Bertz CT molecular complexity index is 826. The van der Waals surface area contributed by atoms with Crippen LogP contribution in [0.5, 0.6) is 11.8 Å². The van der Waals surface area contributed by atoms with Crippen LogP contribution in [0.15, 0.2) is 66.5 Å². The molecule has 3 rings (SSSR count). The number of rotatable bonds is 6. The average molecular weight is 336 g/mol. The highest BCUT2D eigenvalue weighted by Crippen LogP contribution is 2.20. The van der Waals surface area contributed by atoms with Crippen molar-refractivity contribution in [1.82, 2.24) is 9.97 Å². The average Bonchev–Trinajstić information content (AvgIpc) is 2.63. The minimum Gasteiger partial charge on any atom is -0.480 e. The first-order valence-electron chi connectivity index (χ1n) is 7.81. The van der Waals surface area contributed by atoms with E-state index in [0.717, 1.165) is 5.56 Å². The van der Waals surface area contributed by atoms with Crippen molar-refractivity contribution in [2.45, 2.75) is 12.8 Å². The highest BCUT2D eigenvalue weighted by Gasteiger charge is 2.27. The van der Waals surface area contributed by atoms with Gasteiger partial charge in [0.2, 0.25) is 0 Å². The molecule has 0 spiro atoms. The molecule has 1 aromatic heterocycles. The van der Waals surface area contributed by atoms with Gasteiger partial charge in [-0.15, -0.1) is 0 Å². The lowest BCUT2D eigenvalue weighted by Gasteiger charge is -2.13. The maximum Gasteiger partial charge on any atom is 0.321 e. The van der Waals surface area contributed by atoms with E-state index in [0.29, 0.717) is 24.2 Å². The number of aromatic nitrogens is 2. The minimum absolute atomic E-state index is 0.247. The van der Waals surface area contributed by atoms with Crippen molar-refractivity contribution in [1.29, 1.82) is 0 Å². The molecule has 0 fully saturated rings. The van der Waals surface area contributed by atoms with E-state index in [2.05, 4.69) is 9.97 Å². The van der Waals surface area contributed by atoms with Crippen LogP contribution in [0.3, 0.4) is 0 Å². The Kier molecular flexibility index (Phi) is 4.99. The van der Waals surface area contributed by atoms with Gasteiger partial charge in [-0.2, -0.15) is 0 Å². The number of hydrogen-bond donors (Lipinski definition) is 1. The van der Waals surface area contributed by atoms with Gasteiger partial charge in [-0.1, -0.05) is 36.4 Å². The SMILES string of the molecule is O=C(O)C1C=CC=C(CCc2cnc(Oc3ccccc3)nc2)C1=O. The van der Waals surface area contributed by atoms with Gasteiger partial charge in [0.25, 0.3) is 0 Å². The topological polar surface area (TPSA) is 89.4 Å². The third-order valence-electron chi connectivity index (χ3n) is 3.78. The van der Waals surface area contributed by atoms with Gasteiger partial charge in [0.05, 0.1) is 0 Å². The number of carbonyl (C=O) groups is 2. The van der Waals surface area contributed by atoms with E-state index in [1.807, 2.05) is 30.3 Å². The molecule has 1 unspecified atom stereocenters. The van der Waals surface area contributed by atoms with Gasteiger partial charge in [0.15, 0.2) is 5.78 Å². The third kappa shape index (κ3) is 4.17. The van der Waals surface area contributed by atoms with Crippen molar-refractivity contribution < 1.29 is 19.4 Å². The molecular formula is C19H16N2O4. The van der Waals surface area contributed by atoms with Crippen molar-refractivity contribution in [2.75, 3.05) is 0 Å². The van der Waals surface area contributed by atoms with Crippen molar-refractivity contribution in [3.8, 4) is 11.8 Å². The molecule has 6 nitrogen and oxygen atoms in total. The molecule has 0 amide bonds. The molecule has 0 saturated carbocycles. The molecule has 0 aliphatic heterocycles. The van der Waals surface area contributed by atoms with Crippen LogP contribution in [-0.4, -0.2) is 26.8 Å². The highest BCUT2D eigenvalue weighted by molar-refractivity contribution is 6.10. The number of aliphatic carboxylic acids is 1. The summed E-state index contributed by atoms with van der Waals surface area (Å²) >= 11 is 0. The summed E-state index contributed by atoms with van der Waals surface area (Å²) in [6.45, 7) is 0. The van der Waals surface area contributed by atoms with Crippen LogP contribution in [-0.2, 0) is 16.0 Å². The molecule has 0 saturated heterocycles. The zero-order valence-electron chi connectivity index (χ0n) is 13.3. The molecule has 1 N–H and O–H groups in total. The smallest absolute Gasteiger partial charge is 0.321 e. The van der Waals surface area contributed by atoms with Crippen molar-refractivity contribution in [3.05, 3.63) is 72.1 Å². The van der Waals surface area contributed by atoms with E-state index >= 15 is 0 Å². The fraction of sp³-hybridized carbons (Fsp3) is 0.158. The summed E-state index contributed by atoms with van der Waals surface area (Å²) in [7, 11) is 0. The Morgan fingerprint density at radius 1 is 1.12 bits per heavy atom. The summed E-state index contributed by atoms with van der Waals surface area (Å²) in [5.41, 5.74) is 1.34. The number of carbonyl (C=O) groups excluding carboxylic acids is 1. The van der Waals surface area contributed by atoms with Crippen molar-refractivity contribution >= 4 is 11.8 Å². The van der Waals surface area contributed by atoms with E-state index in [1.54, 1.807) is 24.5 Å². The maximum absolute atomic E-state index is 12.1. The van der Waals surface area contributed by atoms with Crippen LogP contribution in [0.25, 0.3) is 0 Å². The van der Waals surface area contributed by atoms with E-state index in [9.17, 15) is 9.59 Å². The van der Waals surface area contributed by atoms with Crippen LogP contribution in [0, 0.1) is 5.92 Å². The number of ether oxygens (including phenoxy) is 1. The molecule has 1 aromatic carbocycles. The zero-order chi connectivity index (χ0) is 17.6. The molecule has 1 aliphatic rings. The predicted molar refractivity (Wildman–Crippen MR) is 90.2 cm³/mol. The largest absolute Gasteiger partial charge is 0.480 e.